The predicted molar refractivity (Wildman–Crippen MR) is 66.9 cm³/mol. The minimum atomic E-state index is -0.529. The minimum Gasteiger partial charge on any atom is -0.497 e. The highest BCUT2D eigenvalue weighted by molar-refractivity contribution is 5.34. The highest BCUT2D eigenvalue weighted by atomic mass is 19.1. The summed E-state index contributed by atoms with van der Waals surface area (Å²) in [6, 6.07) is 5.95. The van der Waals surface area contributed by atoms with Crippen LogP contribution in [0.15, 0.2) is 30.5 Å². The molecule has 0 aliphatic carbocycles. The zero-order chi connectivity index (χ0) is 13.1. The number of aryl methyl sites for hydroxylation is 1. The van der Waals surface area contributed by atoms with Crippen molar-refractivity contribution in [1.29, 1.82) is 0 Å². The van der Waals surface area contributed by atoms with Gasteiger partial charge in [-0.05, 0) is 19.1 Å². The Hall–Kier alpha value is -1.88. The monoisotopic (exact) mass is 249 g/mol. The summed E-state index contributed by atoms with van der Waals surface area (Å²) in [4.78, 5) is 0. The maximum atomic E-state index is 13.9. The summed E-state index contributed by atoms with van der Waals surface area (Å²) < 4.78 is 20.7. The molecular formula is C13H16FN3O. The Balaban J connectivity index is 2.37. The fourth-order valence-corrected chi connectivity index (χ4v) is 1.92. The molecule has 1 heterocycles. The average Bonchev–Trinajstić information content (AvgIpc) is 2.86. The fraction of sp³-hybridized carbons (Fsp3) is 0.308. The first-order valence-electron chi connectivity index (χ1n) is 5.78. The first-order chi connectivity index (χ1) is 8.67. The van der Waals surface area contributed by atoms with Gasteiger partial charge < -0.3 is 10.5 Å². The van der Waals surface area contributed by atoms with Gasteiger partial charge in [-0.15, -0.1) is 0 Å². The van der Waals surface area contributed by atoms with E-state index in [0.717, 1.165) is 5.69 Å². The van der Waals surface area contributed by atoms with Gasteiger partial charge >= 0.3 is 0 Å². The van der Waals surface area contributed by atoms with Crippen LogP contribution in [0.2, 0.25) is 0 Å². The second-order valence-corrected chi connectivity index (χ2v) is 3.94. The Bertz CT molecular complexity index is 539. The highest BCUT2D eigenvalue weighted by Crippen LogP contribution is 2.25. The molecule has 96 valence electrons. The van der Waals surface area contributed by atoms with Crippen molar-refractivity contribution >= 4 is 0 Å². The van der Waals surface area contributed by atoms with Crippen molar-refractivity contribution in [3.05, 3.63) is 47.5 Å². The van der Waals surface area contributed by atoms with Crippen molar-refractivity contribution in [2.24, 2.45) is 5.73 Å². The number of rotatable bonds is 4. The van der Waals surface area contributed by atoms with Gasteiger partial charge in [-0.25, -0.2) is 4.39 Å². The zero-order valence-electron chi connectivity index (χ0n) is 10.4. The molecule has 0 amide bonds. The van der Waals surface area contributed by atoms with Crippen LogP contribution in [-0.4, -0.2) is 16.9 Å². The van der Waals surface area contributed by atoms with Gasteiger partial charge in [0.2, 0.25) is 0 Å². The van der Waals surface area contributed by atoms with Crippen molar-refractivity contribution in [1.82, 2.24) is 9.78 Å². The number of nitrogens with zero attached hydrogens (tertiary/aromatic N) is 2. The third-order valence-electron chi connectivity index (χ3n) is 2.91. The normalized spacial score (nSPS) is 12.4. The summed E-state index contributed by atoms with van der Waals surface area (Å²) in [5, 5.41) is 4.13. The van der Waals surface area contributed by atoms with Crippen LogP contribution >= 0.6 is 0 Å². The maximum Gasteiger partial charge on any atom is 0.132 e. The lowest BCUT2D eigenvalue weighted by Gasteiger charge is -2.15. The number of benzene rings is 1. The summed E-state index contributed by atoms with van der Waals surface area (Å²) in [5.74, 6) is 0.109. The van der Waals surface area contributed by atoms with E-state index < -0.39 is 6.04 Å². The molecular weight excluding hydrogens is 233 g/mol. The van der Waals surface area contributed by atoms with Gasteiger partial charge in [0.05, 0.1) is 18.8 Å². The molecule has 1 aromatic heterocycles. The standard InChI is InChI=1S/C13H16FN3O/c1-3-17-12(6-7-16-17)13(15)10-5-4-9(18-2)8-11(10)14/h4-8,13H,3,15H2,1-2H3. The molecule has 4 nitrogen and oxygen atoms in total. The molecule has 0 radical (unpaired) electrons. The van der Waals surface area contributed by atoms with Crippen molar-refractivity contribution in [3.63, 3.8) is 0 Å². The van der Waals surface area contributed by atoms with Crippen LogP contribution in [0.1, 0.15) is 24.2 Å². The Morgan fingerprint density at radius 2 is 2.22 bits per heavy atom. The lowest BCUT2D eigenvalue weighted by molar-refractivity contribution is 0.410. The van der Waals surface area contributed by atoms with Crippen molar-refractivity contribution < 1.29 is 9.13 Å². The molecule has 0 saturated heterocycles. The average molecular weight is 249 g/mol. The molecule has 1 unspecified atom stereocenters. The lowest BCUT2D eigenvalue weighted by Crippen LogP contribution is -2.18. The van der Waals surface area contributed by atoms with Gasteiger partial charge in [0.25, 0.3) is 0 Å². The second-order valence-electron chi connectivity index (χ2n) is 3.94. The number of halogens is 1. The highest BCUT2D eigenvalue weighted by Gasteiger charge is 2.17. The number of hydrogen-bond acceptors (Lipinski definition) is 3. The molecule has 0 bridgehead atoms. The van der Waals surface area contributed by atoms with Crippen LogP contribution in [-0.2, 0) is 6.54 Å². The van der Waals surface area contributed by atoms with Crippen LogP contribution in [0, 0.1) is 5.82 Å². The number of methoxy groups -OCH3 is 1. The summed E-state index contributed by atoms with van der Waals surface area (Å²) in [6.07, 6.45) is 1.67. The van der Waals surface area contributed by atoms with Crippen LogP contribution < -0.4 is 10.5 Å². The first-order valence-corrected chi connectivity index (χ1v) is 5.78. The van der Waals surface area contributed by atoms with E-state index in [2.05, 4.69) is 5.10 Å². The van der Waals surface area contributed by atoms with Crippen molar-refractivity contribution in [2.75, 3.05) is 7.11 Å². The van der Waals surface area contributed by atoms with Crippen LogP contribution in [0.3, 0.4) is 0 Å². The number of hydrogen-bond donors (Lipinski definition) is 1. The molecule has 0 saturated carbocycles. The van der Waals surface area contributed by atoms with E-state index in [1.807, 2.05) is 6.92 Å². The smallest absolute Gasteiger partial charge is 0.132 e. The SMILES string of the molecule is CCn1nccc1C(N)c1ccc(OC)cc1F. The Morgan fingerprint density at radius 1 is 1.44 bits per heavy atom. The van der Waals surface area contributed by atoms with Crippen molar-refractivity contribution in [2.45, 2.75) is 19.5 Å². The van der Waals surface area contributed by atoms with Crippen molar-refractivity contribution in [3.8, 4) is 5.75 Å². The summed E-state index contributed by atoms with van der Waals surface area (Å²) in [6.45, 7) is 2.67. The Kier molecular flexibility index (Phi) is 3.62. The Morgan fingerprint density at radius 3 is 2.83 bits per heavy atom. The van der Waals surface area contributed by atoms with E-state index in [1.54, 1.807) is 29.1 Å². The van der Waals surface area contributed by atoms with E-state index in [9.17, 15) is 4.39 Å². The van der Waals surface area contributed by atoms with Crippen LogP contribution in [0.25, 0.3) is 0 Å². The number of ether oxygens (including phenoxy) is 1. The maximum absolute atomic E-state index is 13.9. The van der Waals surface area contributed by atoms with E-state index in [1.165, 1.54) is 13.2 Å². The molecule has 0 aliphatic rings. The fourth-order valence-electron chi connectivity index (χ4n) is 1.92. The quantitative estimate of drug-likeness (QED) is 0.902. The van der Waals surface area contributed by atoms with E-state index in [-0.39, 0.29) is 5.82 Å². The third kappa shape index (κ3) is 2.22. The molecule has 2 N–H and O–H groups in total. The minimum absolute atomic E-state index is 0.370. The second kappa shape index (κ2) is 5.18. The molecule has 0 aliphatic heterocycles. The number of aromatic nitrogens is 2. The molecule has 2 aromatic rings. The van der Waals surface area contributed by atoms with Gasteiger partial charge in [0.15, 0.2) is 0 Å². The van der Waals surface area contributed by atoms with Crippen LogP contribution in [0.4, 0.5) is 4.39 Å². The summed E-state index contributed by atoms with van der Waals surface area (Å²) in [5.41, 5.74) is 7.32. The molecule has 18 heavy (non-hydrogen) atoms. The molecule has 1 atom stereocenters. The third-order valence-corrected chi connectivity index (χ3v) is 2.91. The number of nitrogens with two attached hydrogens (primary N) is 1. The topological polar surface area (TPSA) is 53.1 Å². The lowest BCUT2D eigenvalue weighted by atomic mass is 10.0. The van der Waals surface area contributed by atoms with E-state index in [0.29, 0.717) is 17.9 Å². The molecule has 0 spiro atoms. The zero-order valence-corrected chi connectivity index (χ0v) is 10.4. The van der Waals surface area contributed by atoms with Gasteiger partial charge in [-0.2, -0.15) is 5.10 Å². The molecule has 5 heteroatoms. The van der Waals surface area contributed by atoms with E-state index >= 15 is 0 Å². The van der Waals surface area contributed by atoms with E-state index in [4.69, 9.17) is 10.5 Å². The summed E-state index contributed by atoms with van der Waals surface area (Å²) in [7, 11) is 1.50. The van der Waals surface area contributed by atoms with Crippen LogP contribution in [0.5, 0.6) is 5.75 Å². The summed E-state index contributed by atoms with van der Waals surface area (Å²) >= 11 is 0. The largest absolute Gasteiger partial charge is 0.497 e. The molecule has 2 rings (SSSR count). The molecule has 1 aromatic carbocycles. The first kappa shape index (κ1) is 12.6. The van der Waals surface area contributed by atoms with Gasteiger partial charge in [-0.3, -0.25) is 4.68 Å². The molecule has 0 fully saturated rings. The van der Waals surface area contributed by atoms with Gasteiger partial charge in [-0.1, -0.05) is 6.07 Å². The predicted octanol–water partition coefficient (Wildman–Crippen LogP) is 2.10. The Labute approximate surface area is 105 Å². The van der Waals surface area contributed by atoms with Gasteiger partial charge in [0.1, 0.15) is 11.6 Å². The van der Waals surface area contributed by atoms with Gasteiger partial charge in [0, 0.05) is 24.4 Å².